The molecule has 0 saturated carbocycles. The Labute approximate surface area is 90.1 Å². The van der Waals surface area contributed by atoms with Gasteiger partial charge in [-0.3, -0.25) is 0 Å². The number of aromatic nitrogens is 3. The minimum Gasteiger partial charge on any atom is -0.363 e. The molecule has 0 bridgehead atoms. The number of hydrogen-bond acceptors (Lipinski definition) is 5. The molecule has 0 amide bonds. The van der Waals surface area contributed by atoms with E-state index in [1.165, 1.54) is 11.5 Å². The van der Waals surface area contributed by atoms with Crippen molar-refractivity contribution in [1.82, 2.24) is 14.6 Å². The smallest absolute Gasteiger partial charge is 0.145 e. The molecule has 6 heteroatoms. The fourth-order valence-corrected chi connectivity index (χ4v) is 1.59. The zero-order valence-corrected chi connectivity index (χ0v) is 8.72. The number of nitrogens with zero attached hydrogens (tertiary/aromatic N) is 3. The maximum atomic E-state index is 5.91. The van der Waals surface area contributed by atoms with Gasteiger partial charge in [0.2, 0.25) is 0 Å². The predicted molar refractivity (Wildman–Crippen MR) is 56.5 cm³/mol. The van der Waals surface area contributed by atoms with Gasteiger partial charge in [0.1, 0.15) is 5.82 Å². The van der Waals surface area contributed by atoms with E-state index in [2.05, 4.69) is 19.9 Å². The van der Waals surface area contributed by atoms with E-state index in [4.69, 9.17) is 11.6 Å². The Morgan fingerprint density at radius 2 is 2.43 bits per heavy atom. The minimum absolute atomic E-state index is 0.591. The highest BCUT2D eigenvalue weighted by atomic mass is 35.5. The van der Waals surface area contributed by atoms with Gasteiger partial charge in [-0.15, -0.1) is 5.10 Å². The molecular formula is C8H7ClN4S. The highest BCUT2D eigenvalue weighted by Gasteiger charge is 2.00. The van der Waals surface area contributed by atoms with Crippen molar-refractivity contribution >= 4 is 29.0 Å². The Morgan fingerprint density at radius 1 is 1.50 bits per heavy atom. The first-order chi connectivity index (χ1) is 6.86. The molecule has 0 radical (unpaired) electrons. The average Bonchev–Trinajstić information content (AvgIpc) is 2.69. The summed E-state index contributed by atoms with van der Waals surface area (Å²) in [4.78, 5) is 4.09. The van der Waals surface area contributed by atoms with Crippen molar-refractivity contribution in [2.75, 3.05) is 5.32 Å². The van der Waals surface area contributed by atoms with Gasteiger partial charge in [-0.25, -0.2) is 4.98 Å². The summed E-state index contributed by atoms with van der Waals surface area (Å²) >= 11 is 7.23. The Kier molecular flexibility index (Phi) is 2.90. The van der Waals surface area contributed by atoms with E-state index in [-0.39, 0.29) is 0 Å². The molecular weight excluding hydrogens is 220 g/mol. The van der Waals surface area contributed by atoms with Gasteiger partial charge in [0.25, 0.3) is 0 Å². The van der Waals surface area contributed by atoms with Gasteiger partial charge in [0.15, 0.2) is 0 Å². The van der Waals surface area contributed by atoms with E-state index in [0.717, 1.165) is 5.69 Å². The summed E-state index contributed by atoms with van der Waals surface area (Å²) in [6.07, 6.45) is 1.69. The second kappa shape index (κ2) is 4.34. The minimum atomic E-state index is 0.591. The van der Waals surface area contributed by atoms with Crippen molar-refractivity contribution in [3.63, 3.8) is 0 Å². The molecule has 2 aromatic heterocycles. The van der Waals surface area contributed by atoms with Crippen LogP contribution in [0.15, 0.2) is 23.7 Å². The van der Waals surface area contributed by atoms with Crippen LogP contribution in [0.2, 0.25) is 5.02 Å². The molecule has 0 saturated heterocycles. The molecule has 14 heavy (non-hydrogen) atoms. The highest BCUT2D eigenvalue weighted by molar-refractivity contribution is 7.03. The van der Waals surface area contributed by atoms with Gasteiger partial charge in [-0.05, 0) is 23.7 Å². The van der Waals surface area contributed by atoms with Gasteiger partial charge in [0.05, 0.1) is 17.3 Å². The lowest BCUT2D eigenvalue weighted by atomic mass is 10.4. The number of halogens is 1. The molecule has 2 rings (SSSR count). The van der Waals surface area contributed by atoms with Crippen molar-refractivity contribution in [2.45, 2.75) is 6.54 Å². The highest BCUT2D eigenvalue weighted by Crippen LogP contribution is 2.17. The first kappa shape index (κ1) is 9.36. The van der Waals surface area contributed by atoms with Crippen LogP contribution in [0, 0.1) is 0 Å². The predicted octanol–water partition coefficient (Wildman–Crippen LogP) is 2.20. The molecule has 0 aromatic carbocycles. The fraction of sp³-hybridized carbons (Fsp3) is 0.125. The van der Waals surface area contributed by atoms with Crippen molar-refractivity contribution in [2.24, 2.45) is 0 Å². The number of hydrogen-bond donors (Lipinski definition) is 1. The van der Waals surface area contributed by atoms with Crippen LogP contribution >= 0.6 is 23.1 Å². The number of pyridine rings is 1. The third kappa shape index (κ3) is 2.18. The topological polar surface area (TPSA) is 50.7 Å². The van der Waals surface area contributed by atoms with Crippen molar-refractivity contribution in [1.29, 1.82) is 0 Å². The molecule has 0 aliphatic heterocycles. The van der Waals surface area contributed by atoms with Gasteiger partial charge in [-0.1, -0.05) is 16.1 Å². The van der Waals surface area contributed by atoms with E-state index in [0.29, 0.717) is 17.4 Å². The summed E-state index contributed by atoms with van der Waals surface area (Å²) in [6, 6.07) is 3.58. The lowest BCUT2D eigenvalue weighted by Crippen LogP contribution is -2.01. The average molecular weight is 227 g/mol. The summed E-state index contributed by atoms with van der Waals surface area (Å²) in [7, 11) is 0. The van der Waals surface area contributed by atoms with Crippen LogP contribution in [0.5, 0.6) is 0 Å². The van der Waals surface area contributed by atoms with Crippen LogP contribution in [0.25, 0.3) is 0 Å². The molecule has 72 valence electrons. The Balaban J connectivity index is 2.02. The monoisotopic (exact) mass is 226 g/mol. The molecule has 2 heterocycles. The molecule has 1 N–H and O–H groups in total. The molecule has 0 unspecified atom stereocenters. The van der Waals surface area contributed by atoms with E-state index in [1.54, 1.807) is 18.3 Å². The molecule has 0 spiro atoms. The zero-order chi connectivity index (χ0) is 9.80. The van der Waals surface area contributed by atoms with E-state index in [1.807, 2.05) is 5.38 Å². The summed E-state index contributed by atoms with van der Waals surface area (Å²) in [5, 5.41) is 9.46. The van der Waals surface area contributed by atoms with Crippen LogP contribution in [0.4, 0.5) is 5.82 Å². The maximum Gasteiger partial charge on any atom is 0.145 e. The Morgan fingerprint density at radius 3 is 3.14 bits per heavy atom. The number of rotatable bonds is 3. The number of nitrogens with one attached hydrogen (secondary N) is 1. The van der Waals surface area contributed by atoms with Crippen LogP contribution in [0.1, 0.15) is 5.69 Å². The van der Waals surface area contributed by atoms with Gasteiger partial charge >= 0.3 is 0 Å². The molecule has 2 aromatic rings. The fourth-order valence-electron chi connectivity index (χ4n) is 0.951. The van der Waals surface area contributed by atoms with Crippen molar-refractivity contribution < 1.29 is 0 Å². The normalized spacial score (nSPS) is 10.1. The van der Waals surface area contributed by atoms with Crippen LogP contribution < -0.4 is 5.32 Å². The largest absolute Gasteiger partial charge is 0.363 e. The summed E-state index contributed by atoms with van der Waals surface area (Å²) in [5.41, 5.74) is 0.886. The Bertz CT molecular complexity index is 403. The van der Waals surface area contributed by atoms with Crippen molar-refractivity contribution in [3.05, 3.63) is 34.4 Å². The third-order valence-electron chi connectivity index (χ3n) is 1.60. The Hall–Kier alpha value is -1.20. The molecule has 4 nitrogen and oxygen atoms in total. The van der Waals surface area contributed by atoms with E-state index < -0.39 is 0 Å². The lowest BCUT2D eigenvalue weighted by Gasteiger charge is -2.03. The second-order valence-electron chi connectivity index (χ2n) is 2.58. The molecule has 0 aliphatic rings. The summed E-state index contributed by atoms with van der Waals surface area (Å²) < 4.78 is 3.76. The van der Waals surface area contributed by atoms with E-state index in [9.17, 15) is 0 Å². The van der Waals surface area contributed by atoms with Gasteiger partial charge < -0.3 is 5.32 Å². The van der Waals surface area contributed by atoms with E-state index >= 15 is 0 Å². The quantitative estimate of drug-likeness (QED) is 0.872. The van der Waals surface area contributed by atoms with Crippen LogP contribution in [-0.4, -0.2) is 14.6 Å². The zero-order valence-electron chi connectivity index (χ0n) is 7.14. The number of anilines is 1. The molecule has 0 aliphatic carbocycles. The van der Waals surface area contributed by atoms with Crippen molar-refractivity contribution in [3.8, 4) is 0 Å². The second-order valence-corrected chi connectivity index (χ2v) is 3.60. The van der Waals surface area contributed by atoms with Crippen LogP contribution in [-0.2, 0) is 6.54 Å². The summed E-state index contributed by atoms with van der Waals surface area (Å²) in [6.45, 7) is 0.591. The summed E-state index contributed by atoms with van der Waals surface area (Å²) in [5.74, 6) is 0.669. The molecule has 0 atom stereocenters. The first-order valence-corrected chi connectivity index (χ1v) is 5.18. The molecule has 0 fully saturated rings. The van der Waals surface area contributed by atoms with Crippen LogP contribution in [0.3, 0.4) is 0 Å². The third-order valence-corrected chi connectivity index (χ3v) is 2.46. The standard InChI is InChI=1S/C8H7ClN4S/c9-7-2-1-3-10-8(7)11-4-6-5-14-13-12-6/h1-3,5H,4H2,(H,10,11). The van der Waals surface area contributed by atoms with Gasteiger partial charge in [0, 0.05) is 11.6 Å². The maximum absolute atomic E-state index is 5.91. The SMILES string of the molecule is Clc1cccnc1NCc1csnn1. The lowest BCUT2D eigenvalue weighted by molar-refractivity contribution is 0.989. The van der Waals surface area contributed by atoms with Gasteiger partial charge in [-0.2, -0.15) is 0 Å². The first-order valence-electron chi connectivity index (χ1n) is 3.96.